The largest absolute Gasteiger partial charge is 0.433 e. The molecule has 1 aliphatic carbocycles. The van der Waals surface area contributed by atoms with Gasteiger partial charge in [0.1, 0.15) is 10.7 Å². The lowest BCUT2D eigenvalue weighted by Crippen LogP contribution is -2.34. The van der Waals surface area contributed by atoms with Gasteiger partial charge in [-0.05, 0) is 18.9 Å². The first kappa shape index (κ1) is 9.21. The van der Waals surface area contributed by atoms with Gasteiger partial charge in [0.25, 0.3) is 0 Å². The number of rotatable bonds is 4. The minimum Gasteiger partial charge on any atom is -0.404 e. The van der Waals surface area contributed by atoms with Crippen molar-refractivity contribution in [2.75, 3.05) is 0 Å². The van der Waals surface area contributed by atoms with Crippen molar-refractivity contribution in [1.29, 1.82) is 0 Å². The zero-order valence-electron chi connectivity index (χ0n) is 7.73. The van der Waals surface area contributed by atoms with Crippen molar-refractivity contribution >= 4 is 5.88 Å². The zero-order chi connectivity index (χ0) is 9.97. The van der Waals surface area contributed by atoms with Crippen molar-refractivity contribution in [3.63, 3.8) is 0 Å². The van der Waals surface area contributed by atoms with Gasteiger partial charge >= 0.3 is 5.88 Å². The smallest absolute Gasteiger partial charge is 0.404 e. The van der Waals surface area contributed by atoms with E-state index in [1.807, 2.05) is 0 Å². The summed E-state index contributed by atoms with van der Waals surface area (Å²) in [5.41, 5.74) is 0. The van der Waals surface area contributed by atoms with Crippen LogP contribution in [0.5, 0.6) is 0 Å². The summed E-state index contributed by atoms with van der Waals surface area (Å²) in [7, 11) is 0. The molecule has 0 bridgehead atoms. The number of hydrogen-bond donors (Lipinski definition) is 1. The summed E-state index contributed by atoms with van der Waals surface area (Å²) in [6, 6.07) is 3.60. The third-order valence-corrected chi connectivity index (χ3v) is 2.50. The van der Waals surface area contributed by atoms with Crippen LogP contribution in [0.1, 0.15) is 25.0 Å². The Morgan fingerprint density at radius 3 is 2.86 bits per heavy atom. The summed E-state index contributed by atoms with van der Waals surface area (Å²) >= 11 is 0. The van der Waals surface area contributed by atoms with Gasteiger partial charge in [-0.25, -0.2) is 0 Å². The lowest BCUT2D eigenvalue weighted by atomic mass is 9.93. The maximum Gasteiger partial charge on any atom is 0.433 e. The molecule has 1 saturated carbocycles. The lowest BCUT2D eigenvalue weighted by Gasteiger charge is -2.25. The molecule has 0 radical (unpaired) electrons. The molecule has 0 aliphatic heterocycles. The fraction of sp³-hybridized carbons (Fsp3) is 0.556. The van der Waals surface area contributed by atoms with Crippen molar-refractivity contribution in [3.8, 4) is 0 Å². The summed E-state index contributed by atoms with van der Waals surface area (Å²) in [5, 5.41) is 13.6. The molecule has 1 aromatic rings. The predicted octanol–water partition coefficient (Wildman–Crippen LogP) is 1.83. The molecule has 0 saturated heterocycles. The first-order valence-corrected chi connectivity index (χ1v) is 4.72. The number of nitrogens with one attached hydrogen (secondary N) is 1. The average Bonchev–Trinajstić information content (AvgIpc) is 2.50. The monoisotopic (exact) mass is 196 g/mol. The molecule has 0 amide bonds. The summed E-state index contributed by atoms with van der Waals surface area (Å²) in [6.07, 6.45) is 3.67. The van der Waals surface area contributed by atoms with E-state index in [1.54, 1.807) is 6.07 Å². The van der Waals surface area contributed by atoms with Crippen LogP contribution >= 0.6 is 0 Å². The second-order valence-corrected chi connectivity index (χ2v) is 3.51. The predicted molar refractivity (Wildman–Crippen MR) is 49.8 cm³/mol. The van der Waals surface area contributed by atoms with Crippen molar-refractivity contribution in [1.82, 2.24) is 5.32 Å². The van der Waals surface area contributed by atoms with E-state index in [0.29, 0.717) is 18.3 Å². The molecule has 1 aromatic heterocycles. The van der Waals surface area contributed by atoms with E-state index in [9.17, 15) is 10.1 Å². The molecular formula is C9H12N2O3. The Balaban J connectivity index is 1.86. The van der Waals surface area contributed by atoms with Crippen LogP contribution < -0.4 is 5.32 Å². The fourth-order valence-corrected chi connectivity index (χ4v) is 1.42. The molecular weight excluding hydrogens is 184 g/mol. The van der Waals surface area contributed by atoms with Gasteiger partial charge < -0.3 is 9.73 Å². The van der Waals surface area contributed by atoms with Crippen molar-refractivity contribution in [2.45, 2.75) is 31.8 Å². The third-order valence-electron chi connectivity index (χ3n) is 2.50. The Morgan fingerprint density at radius 2 is 2.36 bits per heavy atom. The quantitative estimate of drug-likeness (QED) is 0.589. The normalized spacial score (nSPS) is 16.6. The number of furan rings is 1. The van der Waals surface area contributed by atoms with Crippen molar-refractivity contribution in [2.24, 2.45) is 0 Å². The van der Waals surface area contributed by atoms with Gasteiger partial charge in [-0.3, -0.25) is 10.1 Å². The van der Waals surface area contributed by atoms with Crippen molar-refractivity contribution in [3.05, 3.63) is 28.0 Å². The van der Waals surface area contributed by atoms with Crippen LogP contribution in [0.3, 0.4) is 0 Å². The van der Waals surface area contributed by atoms with Gasteiger partial charge in [0.05, 0.1) is 12.6 Å². The second-order valence-electron chi connectivity index (χ2n) is 3.51. The van der Waals surface area contributed by atoms with E-state index in [1.165, 1.54) is 25.3 Å². The molecule has 0 atom stereocenters. The Morgan fingerprint density at radius 1 is 1.57 bits per heavy atom. The molecule has 14 heavy (non-hydrogen) atoms. The van der Waals surface area contributed by atoms with E-state index in [0.717, 1.165) is 0 Å². The van der Waals surface area contributed by atoms with Crippen LogP contribution in [-0.2, 0) is 6.54 Å². The Bertz CT molecular complexity index is 331. The lowest BCUT2D eigenvalue weighted by molar-refractivity contribution is -0.402. The second kappa shape index (κ2) is 3.79. The van der Waals surface area contributed by atoms with Gasteiger partial charge in [-0.2, -0.15) is 0 Å². The highest BCUT2D eigenvalue weighted by atomic mass is 16.6. The molecule has 5 heteroatoms. The molecule has 76 valence electrons. The van der Waals surface area contributed by atoms with E-state index >= 15 is 0 Å². The highest BCUT2D eigenvalue weighted by molar-refractivity contribution is 5.17. The molecule has 1 heterocycles. The molecule has 1 N–H and O–H groups in total. The molecule has 0 unspecified atom stereocenters. The van der Waals surface area contributed by atoms with E-state index in [4.69, 9.17) is 4.42 Å². The van der Waals surface area contributed by atoms with Gasteiger partial charge in [0, 0.05) is 6.04 Å². The number of nitro groups is 1. The molecule has 1 aliphatic rings. The Labute approximate surface area is 81.2 Å². The first-order chi connectivity index (χ1) is 6.75. The van der Waals surface area contributed by atoms with Gasteiger partial charge in [0.2, 0.25) is 0 Å². The standard InChI is InChI=1S/C9H12N2O3/c12-11(13)9-5-4-8(14-9)6-10-7-2-1-3-7/h4-5,7,10H,1-3,6H2. The Kier molecular flexibility index (Phi) is 2.49. The minimum absolute atomic E-state index is 0.185. The zero-order valence-corrected chi connectivity index (χ0v) is 7.73. The molecule has 0 aromatic carbocycles. The van der Waals surface area contributed by atoms with Crippen LogP contribution in [0.4, 0.5) is 5.88 Å². The van der Waals surface area contributed by atoms with Crippen LogP contribution in [0.25, 0.3) is 0 Å². The fourth-order valence-electron chi connectivity index (χ4n) is 1.42. The number of nitrogens with zero attached hydrogens (tertiary/aromatic N) is 1. The van der Waals surface area contributed by atoms with Crippen LogP contribution in [-0.4, -0.2) is 11.0 Å². The summed E-state index contributed by atoms with van der Waals surface area (Å²) in [6.45, 7) is 0.582. The van der Waals surface area contributed by atoms with Gasteiger partial charge in [0.15, 0.2) is 0 Å². The summed E-state index contributed by atoms with van der Waals surface area (Å²) in [4.78, 5) is 9.79. The summed E-state index contributed by atoms with van der Waals surface area (Å²) < 4.78 is 5.00. The van der Waals surface area contributed by atoms with Crippen molar-refractivity contribution < 1.29 is 9.34 Å². The van der Waals surface area contributed by atoms with Gasteiger partial charge in [-0.1, -0.05) is 6.42 Å². The molecule has 0 spiro atoms. The highest BCUT2D eigenvalue weighted by Crippen LogP contribution is 2.20. The third kappa shape index (κ3) is 1.93. The average molecular weight is 196 g/mol. The minimum atomic E-state index is -0.521. The maximum absolute atomic E-state index is 10.3. The van der Waals surface area contributed by atoms with E-state index in [2.05, 4.69) is 5.32 Å². The van der Waals surface area contributed by atoms with Crippen LogP contribution in [0.15, 0.2) is 16.5 Å². The Hall–Kier alpha value is -1.36. The first-order valence-electron chi connectivity index (χ1n) is 4.72. The summed E-state index contributed by atoms with van der Waals surface area (Å²) in [5.74, 6) is 0.444. The van der Waals surface area contributed by atoms with Crippen LogP contribution in [0, 0.1) is 10.1 Å². The SMILES string of the molecule is O=[N+]([O-])c1ccc(CNC2CCC2)o1. The molecule has 5 nitrogen and oxygen atoms in total. The van der Waals surface area contributed by atoms with Crippen LogP contribution in [0.2, 0.25) is 0 Å². The highest BCUT2D eigenvalue weighted by Gasteiger charge is 2.17. The molecule has 1 fully saturated rings. The topological polar surface area (TPSA) is 68.3 Å². The van der Waals surface area contributed by atoms with E-state index < -0.39 is 4.92 Å². The van der Waals surface area contributed by atoms with E-state index in [-0.39, 0.29) is 5.88 Å². The number of hydrogen-bond acceptors (Lipinski definition) is 4. The molecule has 2 rings (SSSR count). The van der Waals surface area contributed by atoms with Gasteiger partial charge in [-0.15, -0.1) is 0 Å². The maximum atomic E-state index is 10.3.